The molecule has 0 aliphatic carbocycles. The van der Waals surface area contributed by atoms with Gasteiger partial charge in [-0.1, -0.05) is 55.5 Å². The van der Waals surface area contributed by atoms with Gasteiger partial charge in [0.1, 0.15) is 5.54 Å². The summed E-state index contributed by atoms with van der Waals surface area (Å²) in [6.45, 7) is 5.72. The van der Waals surface area contributed by atoms with Gasteiger partial charge >= 0.3 is 0 Å². The molecule has 1 spiro atoms. The van der Waals surface area contributed by atoms with Gasteiger partial charge in [0.15, 0.2) is 0 Å². The molecule has 0 radical (unpaired) electrons. The van der Waals surface area contributed by atoms with Crippen LogP contribution in [0.25, 0.3) is 10.4 Å². The predicted molar refractivity (Wildman–Crippen MR) is 144 cm³/mol. The van der Waals surface area contributed by atoms with Crippen molar-refractivity contribution in [2.24, 2.45) is 0 Å². The van der Waals surface area contributed by atoms with E-state index in [1.165, 1.54) is 16.0 Å². The first-order valence-electron chi connectivity index (χ1n) is 12.7. The first-order valence-corrected chi connectivity index (χ1v) is 13.6. The molecule has 2 aliphatic heterocycles. The van der Waals surface area contributed by atoms with Crippen LogP contribution in [0.4, 0.5) is 5.69 Å². The van der Waals surface area contributed by atoms with Gasteiger partial charge < -0.3 is 19.8 Å². The standard InChI is InChI=1S/C29H35N3O2S/c1-2-25(33)21-31-22-32(24-10-4-3-5-11-24)29(28(31)34)15-18-30(19-16-29)17-14-23-9-6-7-12-26(23)27-13-8-20-35-27/h3-13,20,25,33H,2,14-19,21-22H2,1H3. The maximum absolute atomic E-state index is 13.7. The van der Waals surface area contributed by atoms with Gasteiger partial charge in [-0.3, -0.25) is 4.79 Å². The first-order chi connectivity index (χ1) is 17.1. The summed E-state index contributed by atoms with van der Waals surface area (Å²) in [6.07, 6.45) is 2.81. The molecule has 2 aromatic carbocycles. The summed E-state index contributed by atoms with van der Waals surface area (Å²) in [5, 5.41) is 12.4. The lowest BCUT2D eigenvalue weighted by Crippen LogP contribution is -2.56. The summed E-state index contributed by atoms with van der Waals surface area (Å²) in [4.78, 5) is 21.7. The normalized spacial score (nSPS) is 19.0. The molecule has 6 heteroatoms. The summed E-state index contributed by atoms with van der Waals surface area (Å²) in [5.74, 6) is 0.177. The highest BCUT2D eigenvalue weighted by molar-refractivity contribution is 7.13. The molecule has 5 nitrogen and oxygen atoms in total. The Balaban J connectivity index is 1.29. The highest BCUT2D eigenvalue weighted by Gasteiger charge is 2.53. The summed E-state index contributed by atoms with van der Waals surface area (Å²) in [6, 6.07) is 23.3. The highest BCUT2D eigenvalue weighted by Crippen LogP contribution is 2.39. The molecule has 1 atom stereocenters. The zero-order valence-electron chi connectivity index (χ0n) is 20.5. The minimum absolute atomic E-state index is 0.177. The van der Waals surface area contributed by atoms with Crippen LogP contribution in [0.1, 0.15) is 31.7 Å². The van der Waals surface area contributed by atoms with Crippen molar-refractivity contribution in [3.05, 3.63) is 77.7 Å². The van der Waals surface area contributed by atoms with Crippen molar-refractivity contribution in [2.45, 2.75) is 44.2 Å². The van der Waals surface area contributed by atoms with Gasteiger partial charge in [0.25, 0.3) is 0 Å². The fourth-order valence-corrected chi connectivity index (χ4v) is 6.35. The third kappa shape index (κ3) is 4.88. The average molecular weight is 490 g/mol. The lowest BCUT2D eigenvalue weighted by molar-refractivity contribution is -0.134. The number of carbonyl (C=O) groups excluding carboxylic acids is 1. The van der Waals surface area contributed by atoms with Gasteiger partial charge in [0, 0.05) is 36.7 Å². The monoisotopic (exact) mass is 489 g/mol. The number of hydrogen-bond acceptors (Lipinski definition) is 5. The van der Waals surface area contributed by atoms with E-state index < -0.39 is 11.6 Å². The SMILES string of the molecule is CCC(O)CN1CN(c2ccccc2)C2(CCN(CCc3ccccc3-c3cccs3)CC2)C1=O. The second-order valence-electron chi connectivity index (χ2n) is 9.75. The number of amides is 1. The molecule has 1 unspecified atom stereocenters. The van der Waals surface area contributed by atoms with E-state index in [0.717, 1.165) is 44.6 Å². The van der Waals surface area contributed by atoms with E-state index in [1.807, 2.05) is 30.0 Å². The number of para-hydroxylation sites is 1. The van der Waals surface area contributed by atoms with E-state index in [-0.39, 0.29) is 5.91 Å². The molecule has 5 rings (SSSR count). The number of β-amino-alcohol motifs (C(OH)–C–C–N with tert-alkyl or cyclic N) is 1. The van der Waals surface area contributed by atoms with Crippen LogP contribution >= 0.6 is 11.3 Å². The maximum Gasteiger partial charge on any atom is 0.250 e. The van der Waals surface area contributed by atoms with E-state index >= 15 is 0 Å². The van der Waals surface area contributed by atoms with Crippen molar-refractivity contribution < 1.29 is 9.90 Å². The van der Waals surface area contributed by atoms with Crippen LogP contribution in [0, 0.1) is 0 Å². The van der Waals surface area contributed by atoms with Crippen molar-refractivity contribution in [3.63, 3.8) is 0 Å². The van der Waals surface area contributed by atoms with E-state index in [1.54, 1.807) is 11.3 Å². The predicted octanol–water partition coefficient (Wildman–Crippen LogP) is 4.87. The molecule has 0 saturated carbocycles. The Bertz CT molecular complexity index is 1110. The molecule has 2 fully saturated rings. The summed E-state index contributed by atoms with van der Waals surface area (Å²) < 4.78 is 0. The molecule has 3 aromatic rings. The number of aliphatic hydroxyl groups is 1. The third-order valence-corrected chi connectivity index (χ3v) is 8.57. The Kier molecular flexibility index (Phi) is 7.23. The van der Waals surface area contributed by atoms with Gasteiger partial charge in [-0.05, 0) is 60.4 Å². The zero-order valence-corrected chi connectivity index (χ0v) is 21.3. The van der Waals surface area contributed by atoms with Gasteiger partial charge in [-0.2, -0.15) is 0 Å². The number of hydrogen-bond donors (Lipinski definition) is 1. The molecule has 1 aromatic heterocycles. The zero-order chi connectivity index (χ0) is 24.3. The Hall–Kier alpha value is -2.67. The van der Waals surface area contributed by atoms with E-state index in [0.29, 0.717) is 19.6 Å². The van der Waals surface area contributed by atoms with E-state index in [9.17, 15) is 9.90 Å². The number of benzene rings is 2. The Morgan fingerprint density at radius 1 is 1.00 bits per heavy atom. The first kappa shape index (κ1) is 24.0. The molecular formula is C29H35N3O2S. The Labute approximate surface area is 212 Å². The van der Waals surface area contributed by atoms with Crippen LogP contribution in [0.15, 0.2) is 72.1 Å². The number of likely N-dealkylation sites (tertiary alicyclic amines) is 1. The fraction of sp³-hybridized carbons (Fsp3) is 0.414. The molecule has 2 saturated heterocycles. The molecule has 184 valence electrons. The number of piperidine rings is 1. The van der Waals surface area contributed by atoms with E-state index in [4.69, 9.17) is 0 Å². The Morgan fingerprint density at radius 3 is 2.46 bits per heavy atom. The van der Waals surface area contributed by atoms with E-state index in [2.05, 4.69) is 63.7 Å². The van der Waals surface area contributed by atoms with Crippen molar-refractivity contribution in [1.82, 2.24) is 9.80 Å². The highest BCUT2D eigenvalue weighted by atomic mass is 32.1. The van der Waals surface area contributed by atoms with Gasteiger partial charge in [-0.25, -0.2) is 0 Å². The summed E-state index contributed by atoms with van der Waals surface area (Å²) in [7, 11) is 0. The lowest BCUT2D eigenvalue weighted by atomic mass is 9.85. The van der Waals surface area contributed by atoms with Crippen molar-refractivity contribution in [1.29, 1.82) is 0 Å². The van der Waals surface area contributed by atoms with Crippen LogP contribution < -0.4 is 4.90 Å². The van der Waals surface area contributed by atoms with Crippen LogP contribution in [0.2, 0.25) is 0 Å². The second-order valence-corrected chi connectivity index (χ2v) is 10.7. The van der Waals surface area contributed by atoms with Gasteiger partial charge in [0.05, 0.1) is 12.8 Å². The largest absolute Gasteiger partial charge is 0.391 e. The average Bonchev–Trinajstić information content (AvgIpc) is 3.53. The lowest BCUT2D eigenvalue weighted by Gasteiger charge is -2.43. The topological polar surface area (TPSA) is 47.0 Å². The third-order valence-electron chi connectivity index (χ3n) is 7.67. The molecule has 1 amide bonds. The molecule has 0 bridgehead atoms. The molecule has 1 N–H and O–H groups in total. The molecular weight excluding hydrogens is 454 g/mol. The number of rotatable bonds is 8. The maximum atomic E-state index is 13.7. The van der Waals surface area contributed by atoms with Crippen molar-refractivity contribution in [2.75, 3.05) is 37.7 Å². The number of aliphatic hydroxyl groups excluding tert-OH is 1. The number of thiophene rings is 1. The number of nitrogens with zero attached hydrogens (tertiary/aromatic N) is 3. The summed E-state index contributed by atoms with van der Waals surface area (Å²) >= 11 is 1.79. The molecule has 3 heterocycles. The van der Waals surface area contributed by atoms with Crippen LogP contribution in [-0.4, -0.2) is 65.3 Å². The van der Waals surface area contributed by atoms with Gasteiger partial charge in [0.2, 0.25) is 5.91 Å². The van der Waals surface area contributed by atoms with Crippen LogP contribution in [0.3, 0.4) is 0 Å². The minimum atomic E-state index is -0.514. The van der Waals surface area contributed by atoms with Crippen LogP contribution in [-0.2, 0) is 11.2 Å². The smallest absolute Gasteiger partial charge is 0.250 e. The van der Waals surface area contributed by atoms with Gasteiger partial charge in [-0.15, -0.1) is 11.3 Å². The quantitative estimate of drug-likeness (QED) is 0.491. The molecule has 2 aliphatic rings. The minimum Gasteiger partial charge on any atom is -0.391 e. The molecule has 35 heavy (non-hydrogen) atoms. The summed E-state index contributed by atoms with van der Waals surface area (Å²) in [5.41, 5.74) is 3.30. The van der Waals surface area contributed by atoms with Crippen LogP contribution in [0.5, 0.6) is 0 Å². The second kappa shape index (κ2) is 10.5. The Morgan fingerprint density at radius 2 is 1.74 bits per heavy atom. The fourth-order valence-electron chi connectivity index (χ4n) is 5.56. The van der Waals surface area contributed by atoms with Crippen molar-refractivity contribution >= 4 is 22.9 Å². The number of carbonyl (C=O) groups is 1. The number of anilines is 1. The van der Waals surface area contributed by atoms with Crippen molar-refractivity contribution in [3.8, 4) is 10.4 Å².